The zero-order chi connectivity index (χ0) is 20.3. The molecule has 29 heavy (non-hydrogen) atoms. The van der Waals surface area contributed by atoms with E-state index in [1.807, 2.05) is 54.6 Å². The van der Waals surface area contributed by atoms with E-state index in [0.717, 1.165) is 22.4 Å². The third-order valence-electron chi connectivity index (χ3n) is 4.33. The molecule has 0 radical (unpaired) electrons. The molecule has 0 aromatic heterocycles. The van der Waals surface area contributed by atoms with Crippen molar-refractivity contribution in [2.75, 3.05) is 11.9 Å². The van der Waals surface area contributed by atoms with E-state index in [2.05, 4.69) is 16.7 Å². The molecule has 0 bridgehead atoms. The Hall–Kier alpha value is -3.62. The zero-order valence-electron chi connectivity index (χ0n) is 16.1. The van der Waals surface area contributed by atoms with Crippen molar-refractivity contribution in [3.63, 3.8) is 0 Å². The molecule has 0 fully saturated rings. The molecule has 5 nitrogen and oxygen atoms in total. The van der Waals surface area contributed by atoms with Crippen molar-refractivity contribution in [3.05, 3.63) is 101 Å². The summed E-state index contributed by atoms with van der Waals surface area (Å²) in [5, 5.41) is 14.8. The minimum absolute atomic E-state index is 0.0971. The van der Waals surface area contributed by atoms with Crippen LogP contribution in [0.5, 0.6) is 0 Å². The Morgan fingerprint density at radius 2 is 1.55 bits per heavy atom. The number of carbonyl (C=O) groups is 1. The summed E-state index contributed by atoms with van der Waals surface area (Å²) in [6.45, 7) is 1.73. The highest BCUT2D eigenvalue weighted by Crippen LogP contribution is 2.10. The van der Waals surface area contributed by atoms with Crippen molar-refractivity contribution < 1.29 is 9.53 Å². The van der Waals surface area contributed by atoms with Gasteiger partial charge in [0.15, 0.2) is 0 Å². The highest BCUT2D eigenvalue weighted by Gasteiger charge is 2.03. The lowest BCUT2D eigenvalue weighted by Gasteiger charge is -2.10. The van der Waals surface area contributed by atoms with E-state index in [0.29, 0.717) is 25.3 Å². The number of benzene rings is 3. The Morgan fingerprint density at radius 3 is 2.31 bits per heavy atom. The molecule has 0 aliphatic heterocycles. The van der Waals surface area contributed by atoms with Crippen LogP contribution in [0.2, 0.25) is 0 Å². The number of hydrogen-bond donors (Lipinski definition) is 2. The number of carbonyl (C=O) groups excluding carboxylic acids is 1. The molecule has 3 aromatic rings. The molecule has 0 saturated heterocycles. The number of ether oxygens (including phenoxy) is 1. The summed E-state index contributed by atoms with van der Waals surface area (Å²) in [5.74, 6) is -0.0971. The third kappa shape index (κ3) is 6.80. The summed E-state index contributed by atoms with van der Waals surface area (Å²) < 4.78 is 5.77. The molecule has 0 heterocycles. The minimum Gasteiger partial charge on any atom is -0.376 e. The molecule has 1 amide bonds. The van der Waals surface area contributed by atoms with Crippen LogP contribution in [0.4, 0.5) is 5.69 Å². The lowest BCUT2D eigenvalue weighted by Crippen LogP contribution is -2.29. The number of nitrogens with zero attached hydrogens (tertiary/aromatic N) is 1. The first-order valence-corrected chi connectivity index (χ1v) is 9.43. The van der Waals surface area contributed by atoms with Gasteiger partial charge in [-0.1, -0.05) is 54.6 Å². The topological polar surface area (TPSA) is 74.2 Å². The molecule has 0 aliphatic carbocycles. The number of hydrogen-bond acceptors (Lipinski definition) is 4. The van der Waals surface area contributed by atoms with Gasteiger partial charge in [0.1, 0.15) is 0 Å². The van der Waals surface area contributed by atoms with Crippen LogP contribution in [0, 0.1) is 11.3 Å². The fourth-order valence-electron chi connectivity index (χ4n) is 2.80. The van der Waals surface area contributed by atoms with Crippen LogP contribution < -0.4 is 10.6 Å². The third-order valence-corrected chi connectivity index (χ3v) is 4.33. The monoisotopic (exact) mass is 385 g/mol. The molecule has 3 aromatic carbocycles. The Kier molecular flexibility index (Phi) is 7.39. The summed E-state index contributed by atoms with van der Waals surface area (Å²) in [6.07, 6.45) is 0. The number of rotatable bonds is 9. The van der Waals surface area contributed by atoms with E-state index in [4.69, 9.17) is 10.00 Å². The van der Waals surface area contributed by atoms with Crippen LogP contribution in [0.15, 0.2) is 78.9 Å². The fourth-order valence-corrected chi connectivity index (χ4v) is 2.80. The van der Waals surface area contributed by atoms with Crippen LogP contribution in [-0.2, 0) is 29.3 Å². The van der Waals surface area contributed by atoms with Crippen LogP contribution in [0.3, 0.4) is 0 Å². The summed E-state index contributed by atoms with van der Waals surface area (Å²) in [6, 6.07) is 27.1. The second kappa shape index (κ2) is 10.6. The second-order valence-electron chi connectivity index (χ2n) is 6.62. The van der Waals surface area contributed by atoms with Gasteiger partial charge in [-0.2, -0.15) is 5.26 Å². The van der Waals surface area contributed by atoms with Crippen LogP contribution in [0.1, 0.15) is 22.3 Å². The maximum Gasteiger partial charge on any atom is 0.239 e. The molecule has 3 rings (SSSR count). The first-order valence-electron chi connectivity index (χ1n) is 9.43. The summed E-state index contributed by atoms with van der Waals surface area (Å²) in [5.41, 5.74) is 4.64. The van der Waals surface area contributed by atoms with Gasteiger partial charge < -0.3 is 15.4 Å². The van der Waals surface area contributed by atoms with E-state index >= 15 is 0 Å². The summed E-state index contributed by atoms with van der Waals surface area (Å²) in [7, 11) is 0. The van der Waals surface area contributed by atoms with E-state index < -0.39 is 0 Å². The van der Waals surface area contributed by atoms with Gasteiger partial charge in [0.25, 0.3) is 0 Å². The number of anilines is 1. The van der Waals surface area contributed by atoms with Crippen molar-refractivity contribution in [2.45, 2.75) is 19.8 Å². The number of nitrogens with one attached hydrogen (secondary N) is 2. The first kappa shape index (κ1) is 20.1. The molecule has 0 unspecified atom stereocenters. The van der Waals surface area contributed by atoms with Gasteiger partial charge in [-0.05, 0) is 41.0 Å². The smallest absolute Gasteiger partial charge is 0.239 e. The van der Waals surface area contributed by atoms with Gasteiger partial charge in [0.05, 0.1) is 31.4 Å². The Bertz CT molecular complexity index is 963. The normalized spacial score (nSPS) is 10.2. The number of nitriles is 1. The average molecular weight is 385 g/mol. The van der Waals surface area contributed by atoms with Gasteiger partial charge in [-0.3, -0.25) is 4.79 Å². The molecule has 0 aliphatic rings. The van der Waals surface area contributed by atoms with Gasteiger partial charge in [-0.25, -0.2) is 0 Å². The molecular formula is C24H23N3O2. The quantitative estimate of drug-likeness (QED) is 0.584. The maximum atomic E-state index is 12.1. The minimum atomic E-state index is -0.0971. The van der Waals surface area contributed by atoms with Crippen molar-refractivity contribution in [3.8, 4) is 6.07 Å². The Labute approximate surface area is 171 Å². The molecule has 0 spiro atoms. The standard InChI is InChI=1S/C24H23N3O2/c25-14-19-9-11-23(12-10-19)26-16-24(28)27-15-21-7-4-8-22(13-21)18-29-17-20-5-2-1-3-6-20/h1-13,26H,15-18H2,(H,27,28). The summed E-state index contributed by atoms with van der Waals surface area (Å²) in [4.78, 5) is 12.1. The fraction of sp³-hybridized carbons (Fsp3) is 0.167. The van der Waals surface area contributed by atoms with Gasteiger partial charge in [0.2, 0.25) is 5.91 Å². The van der Waals surface area contributed by atoms with Crippen molar-refractivity contribution in [1.82, 2.24) is 5.32 Å². The van der Waals surface area contributed by atoms with Gasteiger partial charge in [0, 0.05) is 12.2 Å². The van der Waals surface area contributed by atoms with Gasteiger partial charge >= 0.3 is 0 Å². The van der Waals surface area contributed by atoms with Crippen molar-refractivity contribution in [1.29, 1.82) is 5.26 Å². The predicted octanol–water partition coefficient (Wildman–Crippen LogP) is 4.00. The highest BCUT2D eigenvalue weighted by molar-refractivity contribution is 5.80. The second-order valence-corrected chi connectivity index (χ2v) is 6.62. The Balaban J connectivity index is 1.41. The van der Waals surface area contributed by atoms with Crippen molar-refractivity contribution in [2.24, 2.45) is 0 Å². The lowest BCUT2D eigenvalue weighted by atomic mass is 10.1. The van der Waals surface area contributed by atoms with Crippen molar-refractivity contribution >= 4 is 11.6 Å². The average Bonchev–Trinajstić information content (AvgIpc) is 2.77. The molecule has 0 atom stereocenters. The van der Waals surface area contributed by atoms with E-state index in [1.54, 1.807) is 24.3 Å². The number of amides is 1. The van der Waals surface area contributed by atoms with E-state index in [-0.39, 0.29) is 12.5 Å². The first-order chi connectivity index (χ1) is 14.2. The predicted molar refractivity (Wildman–Crippen MR) is 113 cm³/mol. The van der Waals surface area contributed by atoms with Crippen LogP contribution in [0.25, 0.3) is 0 Å². The van der Waals surface area contributed by atoms with E-state index in [9.17, 15) is 4.79 Å². The van der Waals surface area contributed by atoms with Crippen LogP contribution >= 0.6 is 0 Å². The van der Waals surface area contributed by atoms with Crippen LogP contribution in [-0.4, -0.2) is 12.5 Å². The molecule has 2 N–H and O–H groups in total. The van der Waals surface area contributed by atoms with Gasteiger partial charge in [-0.15, -0.1) is 0 Å². The molecule has 5 heteroatoms. The highest BCUT2D eigenvalue weighted by atomic mass is 16.5. The SMILES string of the molecule is N#Cc1ccc(NCC(=O)NCc2cccc(COCc3ccccc3)c2)cc1. The largest absolute Gasteiger partial charge is 0.376 e. The molecular weight excluding hydrogens is 362 g/mol. The molecule has 146 valence electrons. The summed E-state index contributed by atoms with van der Waals surface area (Å²) >= 11 is 0. The zero-order valence-corrected chi connectivity index (χ0v) is 16.1. The van der Waals surface area contributed by atoms with E-state index in [1.165, 1.54) is 0 Å². The lowest BCUT2D eigenvalue weighted by molar-refractivity contribution is -0.119. The Morgan fingerprint density at radius 1 is 0.862 bits per heavy atom. The molecule has 0 saturated carbocycles. The maximum absolute atomic E-state index is 12.1.